The molecule has 0 bridgehead atoms. The summed E-state index contributed by atoms with van der Waals surface area (Å²) < 4.78 is 16.7. The normalized spacial score (nSPS) is 17.6. The average Bonchev–Trinajstić information content (AvgIpc) is 3.04. The summed E-state index contributed by atoms with van der Waals surface area (Å²) in [6.45, 7) is 10.7. The number of methoxy groups -OCH3 is 1. The molecule has 0 spiro atoms. The fourth-order valence-electron chi connectivity index (χ4n) is 3.89. The topological polar surface area (TPSA) is 59.8 Å². The highest BCUT2D eigenvalue weighted by molar-refractivity contribution is 5.43. The molecule has 1 aromatic carbocycles. The van der Waals surface area contributed by atoms with Crippen molar-refractivity contribution in [3.05, 3.63) is 40.8 Å². The summed E-state index contributed by atoms with van der Waals surface area (Å²) in [4.78, 5) is 2.59. The molecule has 1 saturated heterocycles. The van der Waals surface area contributed by atoms with Crippen molar-refractivity contribution in [1.29, 1.82) is 0 Å². The van der Waals surface area contributed by atoms with E-state index < -0.39 is 0 Å². The SMILES string of the molecule is CCN1CCCCC1CNCc1ccc(OCc2c(C)noc2C)c(OC)c1. The van der Waals surface area contributed by atoms with Crippen LogP contribution in [0.4, 0.5) is 0 Å². The highest BCUT2D eigenvalue weighted by Crippen LogP contribution is 2.29. The van der Waals surface area contributed by atoms with E-state index in [1.54, 1.807) is 7.11 Å². The van der Waals surface area contributed by atoms with Crippen molar-refractivity contribution < 1.29 is 14.0 Å². The number of aryl methyl sites for hydroxylation is 2. The molecule has 0 aliphatic carbocycles. The van der Waals surface area contributed by atoms with Gasteiger partial charge in [0.1, 0.15) is 12.4 Å². The monoisotopic (exact) mass is 387 g/mol. The van der Waals surface area contributed by atoms with Gasteiger partial charge in [-0.3, -0.25) is 4.90 Å². The second-order valence-electron chi connectivity index (χ2n) is 7.49. The zero-order valence-electron chi connectivity index (χ0n) is 17.6. The Morgan fingerprint density at radius 2 is 2.11 bits per heavy atom. The smallest absolute Gasteiger partial charge is 0.161 e. The van der Waals surface area contributed by atoms with Crippen LogP contribution in [-0.4, -0.2) is 42.8 Å². The molecular formula is C22H33N3O3. The van der Waals surface area contributed by atoms with Crippen LogP contribution < -0.4 is 14.8 Å². The molecule has 1 fully saturated rings. The van der Waals surface area contributed by atoms with Gasteiger partial charge >= 0.3 is 0 Å². The first-order chi connectivity index (χ1) is 13.6. The van der Waals surface area contributed by atoms with Crippen molar-refractivity contribution >= 4 is 0 Å². The number of rotatable bonds is 9. The molecule has 6 nitrogen and oxygen atoms in total. The largest absolute Gasteiger partial charge is 0.493 e. The Kier molecular flexibility index (Phi) is 7.34. The molecule has 0 amide bonds. The predicted molar refractivity (Wildman–Crippen MR) is 110 cm³/mol. The number of likely N-dealkylation sites (tertiary alicyclic amines) is 1. The van der Waals surface area contributed by atoms with Crippen LogP contribution >= 0.6 is 0 Å². The van der Waals surface area contributed by atoms with Crippen molar-refractivity contribution in [2.24, 2.45) is 0 Å². The number of hydrogen-bond donors (Lipinski definition) is 1. The molecule has 28 heavy (non-hydrogen) atoms. The van der Waals surface area contributed by atoms with E-state index in [4.69, 9.17) is 14.0 Å². The van der Waals surface area contributed by atoms with Crippen molar-refractivity contribution in [2.45, 2.75) is 59.2 Å². The molecule has 1 atom stereocenters. The number of piperidine rings is 1. The molecule has 154 valence electrons. The van der Waals surface area contributed by atoms with Gasteiger partial charge in [-0.05, 0) is 57.5 Å². The first-order valence-corrected chi connectivity index (χ1v) is 10.3. The van der Waals surface area contributed by atoms with Crippen LogP contribution in [0.15, 0.2) is 22.7 Å². The van der Waals surface area contributed by atoms with Crippen molar-refractivity contribution in [1.82, 2.24) is 15.4 Å². The summed E-state index contributed by atoms with van der Waals surface area (Å²) in [5.41, 5.74) is 3.04. The number of ether oxygens (including phenoxy) is 2. The molecular weight excluding hydrogens is 354 g/mol. The van der Waals surface area contributed by atoms with E-state index >= 15 is 0 Å². The van der Waals surface area contributed by atoms with E-state index in [1.165, 1.54) is 31.4 Å². The van der Waals surface area contributed by atoms with E-state index in [0.29, 0.717) is 12.6 Å². The minimum Gasteiger partial charge on any atom is -0.493 e. The number of nitrogens with one attached hydrogen (secondary N) is 1. The van der Waals surface area contributed by atoms with Gasteiger partial charge in [-0.25, -0.2) is 0 Å². The number of nitrogens with zero attached hydrogens (tertiary/aromatic N) is 2. The summed E-state index contributed by atoms with van der Waals surface area (Å²) in [6.07, 6.45) is 3.96. The van der Waals surface area contributed by atoms with Gasteiger partial charge in [0.15, 0.2) is 11.5 Å². The maximum Gasteiger partial charge on any atom is 0.161 e. The van der Waals surface area contributed by atoms with Crippen LogP contribution in [0, 0.1) is 13.8 Å². The Labute approximate surface area is 168 Å². The van der Waals surface area contributed by atoms with Crippen molar-refractivity contribution in [2.75, 3.05) is 26.7 Å². The lowest BCUT2D eigenvalue weighted by molar-refractivity contribution is 0.153. The summed E-state index contributed by atoms with van der Waals surface area (Å²) in [6, 6.07) is 6.77. The van der Waals surface area contributed by atoms with Crippen LogP contribution in [0.5, 0.6) is 11.5 Å². The third-order valence-corrected chi connectivity index (χ3v) is 5.65. The minimum atomic E-state index is 0.420. The summed E-state index contributed by atoms with van der Waals surface area (Å²) >= 11 is 0. The summed E-state index contributed by atoms with van der Waals surface area (Å²) in [5, 5.41) is 7.59. The van der Waals surface area contributed by atoms with Gasteiger partial charge in [0, 0.05) is 19.1 Å². The van der Waals surface area contributed by atoms with Crippen LogP contribution in [0.3, 0.4) is 0 Å². The summed E-state index contributed by atoms with van der Waals surface area (Å²) in [7, 11) is 1.68. The van der Waals surface area contributed by atoms with Crippen LogP contribution in [-0.2, 0) is 13.2 Å². The molecule has 1 N–H and O–H groups in total. The fraction of sp³-hybridized carbons (Fsp3) is 0.591. The fourth-order valence-corrected chi connectivity index (χ4v) is 3.89. The first-order valence-electron chi connectivity index (χ1n) is 10.3. The van der Waals surface area contributed by atoms with E-state index in [0.717, 1.165) is 48.2 Å². The Morgan fingerprint density at radius 1 is 1.25 bits per heavy atom. The van der Waals surface area contributed by atoms with Gasteiger partial charge in [0.05, 0.1) is 18.4 Å². The van der Waals surface area contributed by atoms with Crippen LogP contribution in [0.2, 0.25) is 0 Å². The second kappa shape index (κ2) is 9.94. The molecule has 1 aliphatic rings. The maximum atomic E-state index is 5.97. The van der Waals surface area contributed by atoms with Gasteiger partial charge in [0.25, 0.3) is 0 Å². The Bertz CT molecular complexity index is 740. The van der Waals surface area contributed by atoms with E-state index in [-0.39, 0.29) is 0 Å². The van der Waals surface area contributed by atoms with Gasteiger partial charge in [-0.15, -0.1) is 0 Å². The molecule has 3 rings (SSSR count). The van der Waals surface area contributed by atoms with E-state index in [2.05, 4.69) is 28.4 Å². The average molecular weight is 388 g/mol. The lowest BCUT2D eigenvalue weighted by atomic mass is 10.0. The quantitative estimate of drug-likeness (QED) is 0.705. The number of aromatic nitrogens is 1. The zero-order valence-corrected chi connectivity index (χ0v) is 17.6. The molecule has 1 aromatic heterocycles. The molecule has 1 unspecified atom stereocenters. The van der Waals surface area contributed by atoms with Gasteiger partial charge in [0.2, 0.25) is 0 Å². The molecule has 0 saturated carbocycles. The highest BCUT2D eigenvalue weighted by atomic mass is 16.5. The van der Waals surface area contributed by atoms with Crippen molar-refractivity contribution in [3.8, 4) is 11.5 Å². The maximum absolute atomic E-state index is 5.97. The molecule has 2 heterocycles. The van der Waals surface area contributed by atoms with Gasteiger partial charge in [-0.2, -0.15) is 0 Å². The Balaban J connectivity index is 1.55. The molecule has 6 heteroatoms. The minimum absolute atomic E-state index is 0.420. The second-order valence-corrected chi connectivity index (χ2v) is 7.49. The number of benzene rings is 1. The lowest BCUT2D eigenvalue weighted by Gasteiger charge is -2.35. The summed E-state index contributed by atoms with van der Waals surface area (Å²) in [5.74, 6) is 2.27. The van der Waals surface area contributed by atoms with Gasteiger partial charge in [-0.1, -0.05) is 24.6 Å². The highest BCUT2D eigenvalue weighted by Gasteiger charge is 2.20. The standard InChI is InChI=1S/C22H33N3O3/c1-5-25-11-7-6-8-19(25)14-23-13-18-9-10-21(22(12-18)26-4)27-15-20-16(2)24-28-17(20)3/h9-10,12,19,23H,5-8,11,13-15H2,1-4H3. The number of hydrogen-bond acceptors (Lipinski definition) is 6. The van der Waals surface area contributed by atoms with Crippen LogP contribution in [0.1, 0.15) is 48.8 Å². The number of likely N-dealkylation sites (N-methyl/N-ethyl adjacent to an activating group) is 1. The van der Waals surface area contributed by atoms with Crippen molar-refractivity contribution in [3.63, 3.8) is 0 Å². The van der Waals surface area contributed by atoms with E-state index in [9.17, 15) is 0 Å². The van der Waals surface area contributed by atoms with Gasteiger partial charge < -0.3 is 19.3 Å². The molecule has 1 aliphatic heterocycles. The van der Waals surface area contributed by atoms with E-state index in [1.807, 2.05) is 26.0 Å². The first kappa shape index (κ1) is 20.7. The zero-order chi connectivity index (χ0) is 19.9. The lowest BCUT2D eigenvalue weighted by Crippen LogP contribution is -2.45. The molecule has 2 aromatic rings. The third-order valence-electron chi connectivity index (χ3n) is 5.65. The Hall–Kier alpha value is -2.05. The predicted octanol–water partition coefficient (Wildman–Crippen LogP) is 3.84. The third kappa shape index (κ3) is 5.06. The van der Waals surface area contributed by atoms with Crippen LogP contribution in [0.25, 0.3) is 0 Å². The molecule has 0 radical (unpaired) electrons. The Morgan fingerprint density at radius 3 is 2.82 bits per heavy atom.